The number of carbonyl (C=O) groups excluding carboxylic acids is 2. The van der Waals surface area contributed by atoms with Crippen LogP contribution in [0.4, 0.5) is 9.18 Å². The van der Waals surface area contributed by atoms with E-state index in [1.807, 2.05) is 0 Å². The zero-order valence-corrected chi connectivity index (χ0v) is 20.9. The SMILES string of the molecule is COC(=O)C(Cn1nnc(-c2ccc(Oc3ncc(-c4ncco4)cc3F)cc2)n1)NC(=O)OC(C)(C)C. The van der Waals surface area contributed by atoms with Gasteiger partial charge in [-0.1, -0.05) is 0 Å². The van der Waals surface area contributed by atoms with Crippen LogP contribution in [0.2, 0.25) is 0 Å². The molecule has 4 aromatic rings. The van der Waals surface area contributed by atoms with Gasteiger partial charge >= 0.3 is 12.1 Å². The van der Waals surface area contributed by atoms with E-state index in [-0.39, 0.29) is 24.1 Å². The molecule has 13 nitrogen and oxygen atoms in total. The molecule has 3 aromatic heterocycles. The van der Waals surface area contributed by atoms with Gasteiger partial charge in [0.05, 0.1) is 25.4 Å². The first-order valence-electron chi connectivity index (χ1n) is 11.3. The normalized spacial score (nSPS) is 12.0. The summed E-state index contributed by atoms with van der Waals surface area (Å²) in [7, 11) is 1.20. The molecule has 0 aliphatic heterocycles. The van der Waals surface area contributed by atoms with E-state index in [0.29, 0.717) is 16.9 Å². The minimum atomic E-state index is -1.11. The third-order valence-electron chi connectivity index (χ3n) is 4.79. The van der Waals surface area contributed by atoms with E-state index in [0.717, 1.165) is 4.80 Å². The van der Waals surface area contributed by atoms with Crippen molar-refractivity contribution in [2.24, 2.45) is 0 Å². The molecule has 198 valence electrons. The van der Waals surface area contributed by atoms with E-state index in [4.69, 9.17) is 18.6 Å². The maximum Gasteiger partial charge on any atom is 0.408 e. The van der Waals surface area contributed by atoms with E-state index in [2.05, 4.69) is 30.7 Å². The van der Waals surface area contributed by atoms with Gasteiger partial charge in [-0.05, 0) is 56.3 Å². The van der Waals surface area contributed by atoms with Gasteiger partial charge in [-0.2, -0.15) is 4.80 Å². The third kappa shape index (κ3) is 6.66. The number of halogens is 1. The van der Waals surface area contributed by atoms with Crippen LogP contribution in [-0.2, 0) is 20.8 Å². The molecule has 1 unspecified atom stereocenters. The number of methoxy groups -OCH3 is 1. The number of pyridine rings is 1. The van der Waals surface area contributed by atoms with Gasteiger partial charge in [0, 0.05) is 11.8 Å². The summed E-state index contributed by atoms with van der Waals surface area (Å²) in [6.45, 7) is 4.95. The molecule has 0 bridgehead atoms. The number of hydrogen-bond donors (Lipinski definition) is 1. The Balaban J connectivity index is 1.41. The first-order valence-corrected chi connectivity index (χ1v) is 11.3. The summed E-state index contributed by atoms with van der Waals surface area (Å²) in [5.74, 6) is -0.796. The summed E-state index contributed by atoms with van der Waals surface area (Å²) in [6.07, 6.45) is 3.43. The number of rotatable bonds is 8. The third-order valence-corrected chi connectivity index (χ3v) is 4.79. The van der Waals surface area contributed by atoms with Gasteiger partial charge in [0.2, 0.25) is 11.7 Å². The van der Waals surface area contributed by atoms with Gasteiger partial charge in [0.1, 0.15) is 17.6 Å². The zero-order valence-electron chi connectivity index (χ0n) is 20.9. The largest absolute Gasteiger partial charge is 0.467 e. The maximum absolute atomic E-state index is 14.5. The molecule has 0 aliphatic rings. The molecule has 0 saturated heterocycles. The molecular weight excluding hydrogens is 501 g/mol. The number of esters is 1. The molecule has 38 heavy (non-hydrogen) atoms. The number of oxazole rings is 1. The smallest absolute Gasteiger partial charge is 0.408 e. The molecular formula is C24H24FN7O6. The first kappa shape index (κ1) is 26.2. The van der Waals surface area contributed by atoms with E-state index in [9.17, 15) is 14.0 Å². The van der Waals surface area contributed by atoms with Gasteiger partial charge in [-0.3, -0.25) is 0 Å². The summed E-state index contributed by atoms with van der Waals surface area (Å²) >= 11 is 0. The highest BCUT2D eigenvalue weighted by Gasteiger charge is 2.26. The van der Waals surface area contributed by atoms with Crippen LogP contribution < -0.4 is 10.1 Å². The van der Waals surface area contributed by atoms with Crippen LogP contribution in [0.25, 0.3) is 22.8 Å². The molecule has 0 fully saturated rings. The summed E-state index contributed by atoms with van der Waals surface area (Å²) in [5, 5.41) is 14.6. The Morgan fingerprint density at radius 1 is 1.16 bits per heavy atom. The Labute approximate surface area is 215 Å². The number of nitrogens with zero attached hydrogens (tertiary/aromatic N) is 6. The fraction of sp³-hybridized carbons (Fsp3) is 0.292. The van der Waals surface area contributed by atoms with Crippen molar-refractivity contribution in [1.29, 1.82) is 0 Å². The van der Waals surface area contributed by atoms with E-state index in [1.54, 1.807) is 45.0 Å². The Bertz CT molecular complexity index is 1400. The number of ether oxygens (including phenoxy) is 3. The van der Waals surface area contributed by atoms with Crippen molar-refractivity contribution in [3.8, 4) is 34.5 Å². The number of tetrazole rings is 1. The monoisotopic (exact) mass is 525 g/mol. The summed E-state index contributed by atoms with van der Waals surface area (Å²) in [4.78, 5) is 33.3. The second-order valence-electron chi connectivity index (χ2n) is 8.86. The summed E-state index contributed by atoms with van der Waals surface area (Å²) in [6, 6.07) is 6.56. The number of aromatic nitrogens is 6. The van der Waals surface area contributed by atoms with Crippen LogP contribution in [0.15, 0.2) is 53.4 Å². The molecule has 3 heterocycles. The van der Waals surface area contributed by atoms with Crippen LogP contribution in [0.1, 0.15) is 20.8 Å². The molecule has 0 radical (unpaired) electrons. The van der Waals surface area contributed by atoms with Crippen molar-refractivity contribution in [2.75, 3.05) is 7.11 Å². The molecule has 1 aromatic carbocycles. The highest BCUT2D eigenvalue weighted by atomic mass is 19.1. The van der Waals surface area contributed by atoms with E-state index in [1.165, 1.54) is 31.8 Å². The Morgan fingerprint density at radius 3 is 2.55 bits per heavy atom. The topological polar surface area (TPSA) is 156 Å². The average Bonchev–Trinajstić information content (AvgIpc) is 3.56. The fourth-order valence-corrected chi connectivity index (χ4v) is 3.14. The number of carbonyl (C=O) groups is 2. The second kappa shape index (κ2) is 11.0. The van der Waals surface area contributed by atoms with Crippen LogP contribution in [0, 0.1) is 5.82 Å². The standard InChI is InChI=1S/C24H24FN7O6/c1-24(2,3)38-23(34)28-18(22(33)35-4)13-32-30-19(29-31-32)14-5-7-16(8-6-14)37-21-17(25)11-15(12-27-21)20-26-9-10-36-20/h5-12,18H,13H2,1-4H3,(H,28,34). The Morgan fingerprint density at radius 2 is 1.92 bits per heavy atom. The van der Waals surface area contributed by atoms with Gasteiger partial charge in [0.15, 0.2) is 11.9 Å². The molecule has 0 spiro atoms. The molecule has 1 atom stereocenters. The quantitative estimate of drug-likeness (QED) is 0.336. The lowest BCUT2D eigenvalue weighted by Gasteiger charge is -2.22. The maximum atomic E-state index is 14.5. The number of alkyl carbamates (subject to hydrolysis) is 1. The minimum Gasteiger partial charge on any atom is -0.467 e. The highest BCUT2D eigenvalue weighted by Crippen LogP contribution is 2.27. The molecule has 1 N–H and O–H groups in total. The van der Waals surface area contributed by atoms with Gasteiger partial charge < -0.3 is 23.9 Å². The van der Waals surface area contributed by atoms with Crippen molar-refractivity contribution in [3.63, 3.8) is 0 Å². The minimum absolute atomic E-state index is 0.144. The number of amides is 1. The highest BCUT2D eigenvalue weighted by molar-refractivity contribution is 5.81. The predicted molar refractivity (Wildman–Crippen MR) is 128 cm³/mol. The van der Waals surface area contributed by atoms with Gasteiger partial charge in [-0.25, -0.2) is 23.9 Å². The first-order chi connectivity index (χ1) is 18.1. The predicted octanol–water partition coefficient (Wildman–Crippen LogP) is 3.39. The zero-order chi connectivity index (χ0) is 27.3. The summed E-state index contributed by atoms with van der Waals surface area (Å²) in [5.41, 5.74) is 0.202. The Hall–Kier alpha value is -4.88. The molecule has 0 aliphatic carbocycles. The van der Waals surface area contributed by atoms with Crippen LogP contribution in [0.5, 0.6) is 11.6 Å². The second-order valence-corrected chi connectivity index (χ2v) is 8.86. The van der Waals surface area contributed by atoms with E-state index >= 15 is 0 Å². The molecule has 14 heteroatoms. The number of nitrogens with one attached hydrogen (secondary N) is 1. The number of hydrogen-bond acceptors (Lipinski definition) is 11. The molecule has 4 rings (SSSR count). The lowest BCUT2D eigenvalue weighted by molar-refractivity contribution is -0.143. The van der Waals surface area contributed by atoms with Gasteiger partial charge in [-0.15, -0.1) is 10.2 Å². The van der Waals surface area contributed by atoms with Crippen LogP contribution in [-0.4, -0.2) is 61.0 Å². The van der Waals surface area contributed by atoms with Crippen LogP contribution in [0.3, 0.4) is 0 Å². The lowest BCUT2D eigenvalue weighted by atomic mass is 10.2. The lowest BCUT2D eigenvalue weighted by Crippen LogP contribution is -2.46. The average molecular weight is 525 g/mol. The van der Waals surface area contributed by atoms with Crippen LogP contribution >= 0.6 is 0 Å². The molecule has 0 saturated carbocycles. The fourth-order valence-electron chi connectivity index (χ4n) is 3.14. The van der Waals surface area contributed by atoms with E-state index < -0.39 is 29.5 Å². The molecule has 1 amide bonds. The van der Waals surface area contributed by atoms with Crippen molar-refractivity contribution in [1.82, 2.24) is 35.5 Å². The van der Waals surface area contributed by atoms with Crippen molar-refractivity contribution in [3.05, 3.63) is 54.8 Å². The van der Waals surface area contributed by atoms with Gasteiger partial charge in [0.25, 0.3) is 5.88 Å². The van der Waals surface area contributed by atoms with Crippen molar-refractivity contribution < 1.29 is 32.6 Å². The summed E-state index contributed by atoms with van der Waals surface area (Å²) < 4.78 is 35.1. The van der Waals surface area contributed by atoms with Crippen molar-refractivity contribution >= 4 is 12.1 Å². The van der Waals surface area contributed by atoms with Crippen molar-refractivity contribution in [2.45, 2.75) is 39.0 Å². The number of benzene rings is 1. The Kier molecular flexibility index (Phi) is 7.60.